The average Bonchev–Trinajstić information content (AvgIpc) is 3.09. The number of hydrogen-bond acceptors (Lipinski definition) is 3. The molecule has 2 N–H and O–H groups in total. The second-order valence-corrected chi connectivity index (χ2v) is 5.10. The van der Waals surface area contributed by atoms with E-state index in [1.54, 1.807) is 7.05 Å². The van der Waals surface area contributed by atoms with Crippen molar-refractivity contribution in [2.24, 2.45) is 4.99 Å². The summed E-state index contributed by atoms with van der Waals surface area (Å²) in [5.74, 6) is 0.799. The van der Waals surface area contributed by atoms with Crippen LogP contribution in [-0.4, -0.2) is 45.9 Å². The van der Waals surface area contributed by atoms with Gasteiger partial charge in [-0.15, -0.1) is 24.0 Å². The molecule has 5 nitrogen and oxygen atoms in total. The minimum Gasteiger partial charge on any atom is -0.380 e. The van der Waals surface area contributed by atoms with E-state index in [9.17, 15) is 0 Å². The van der Waals surface area contributed by atoms with Crippen molar-refractivity contribution in [3.05, 3.63) is 42.0 Å². The number of aliphatic imine (C=N–C) groups is 1. The summed E-state index contributed by atoms with van der Waals surface area (Å²) in [4.78, 5) is 6.56. The van der Waals surface area contributed by atoms with Gasteiger partial charge in [0.25, 0.3) is 0 Å². The molecule has 1 aromatic carbocycles. The Kier molecular flexibility index (Phi) is 9.70. The van der Waals surface area contributed by atoms with Gasteiger partial charge in [0.1, 0.15) is 0 Å². The number of nitrogens with zero attached hydrogens (tertiary/aromatic N) is 2. The predicted octanol–water partition coefficient (Wildman–Crippen LogP) is 2.38. The highest BCUT2D eigenvalue weighted by Crippen LogP contribution is 2.18. The Morgan fingerprint density at radius 3 is 2.74 bits per heavy atom. The van der Waals surface area contributed by atoms with Crippen molar-refractivity contribution in [3.63, 3.8) is 0 Å². The van der Waals surface area contributed by atoms with E-state index in [2.05, 4.69) is 56.9 Å². The lowest BCUT2D eigenvalue weighted by Gasteiger charge is -2.19. The Balaban J connectivity index is 0.00000264. The molecule has 0 atom stereocenters. The van der Waals surface area contributed by atoms with E-state index < -0.39 is 0 Å². The molecule has 0 saturated carbocycles. The van der Waals surface area contributed by atoms with Crippen LogP contribution in [0.1, 0.15) is 12.5 Å². The predicted molar refractivity (Wildman–Crippen MR) is 108 cm³/mol. The Morgan fingerprint density at radius 1 is 1.26 bits per heavy atom. The van der Waals surface area contributed by atoms with E-state index in [1.807, 2.05) is 6.92 Å². The fourth-order valence-corrected chi connectivity index (χ4v) is 2.34. The number of halogens is 1. The normalized spacial score (nSPS) is 13.8. The molecule has 0 saturated heterocycles. The van der Waals surface area contributed by atoms with Gasteiger partial charge in [-0.1, -0.05) is 24.3 Å². The summed E-state index contributed by atoms with van der Waals surface area (Å²) >= 11 is 0. The van der Waals surface area contributed by atoms with E-state index in [0.717, 1.165) is 38.7 Å². The summed E-state index contributed by atoms with van der Waals surface area (Å²) in [7, 11) is 1.78. The van der Waals surface area contributed by atoms with Gasteiger partial charge in [-0.3, -0.25) is 4.99 Å². The molecule has 0 amide bonds. The van der Waals surface area contributed by atoms with Gasteiger partial charge in [0.2, 0.25) is 0 Å². The first kappa shape index (κ1) is 19.8. The molecule has 1 aromatic rings. The van der Waals surface area contributed by atoms with Crippen molar-refractivity contribution in [2.75, 3.05) is 44.8 Å². The lowest BCUT2D eigenvalue weighted by Crippen LogP contribution is -2.38. The van der Waals surface area contributed by atoms with Gasteiger partial charge in [-0.05, 0) is 24.6 Å². The molecular weight excluding hydrogens is 403 g/mol. The number of benzene rings is 1. The highest BCUT2D eigenvalue weighted by atomic mass is 127. The molecule has 1 aliphatic heterocycles. The smallest absolute Gasteiger partial charge is 0.191 e. The SMILES string of the molecule is CCOCCNC(=NC)NCc1cccc(N2CC=CC2)c1.I. The molecule has 23 heavy (non-hydrogen) atoms. The molecule has 0 aromatic heterocycles. The second-order valence-electron chi connectivity index (χ2n) is 5.10. The van der Waals surface area contributed by atoms with E-state index >= 15 is 0 Å². The maximum atomic E-state index is 5.31. The van der Waals surface area contributed by atoms with E-state index in [4.69, 9.17) is 4.74 Å². The minimum absolute atomic E-state index is 0. The molecule has 0 fully saturated rings. The Labute approximate surface area is 156 Å². The molecule has 0 spiro atoms. The van der Waals surface area contributed by atoms with Crippen LogP contribution >= 0.6 is 24.0 Å². The number of hydrogen-bond donors (Lipinski definition) is 2. The van der Waals surface area contributed by atoms with Gasteiger partial charge >= 0.3 is 0 Å². The van der Waals surface area contributed by atoms with Crippen molar-refractivity contribution in [2.45, 2.75) is 13.5 Å². The molecule has 0 unspecified atom stereocenters. The minimum atomic E-state index is 0. The summed E-state index contributed by atoms with van der Waals surface area (Å²) in [6.45, 7) is 6.93. The molecule has 1 heterocycles. The van der Waals surface area contributed by atoms with Crippen molar-refractivity contribution >= 4 is 35.6 Å². The van der Waals surface area contributed by atoms with Gasteiger partial charge in [0.15, 0.2) is 5.96 Å². The van der Waals surface area contributed by atoms with Crippen molar-refractivity contribution in [1.29, 1.82) is 0 Å². The molecule has 128 valence electrons. The third-order valence-corrected chi connectivity index (χ3v) is 3.52. The number of anilines is 1. The maximum absolute atomic E-state index is 5.31. The van der Waals surface area contributed by atoms with Gasteiger partial charge in [-0.25, -0.2) is 0 Å². The van der Waals surface area contributed by atoms with Gasteiger partial charge in [-0.2, -0.15) is 0 Å². The summed E-state index contributed by atoms with van der Waals surface area (Å²) in [6.07, 6.45) is 4.41. The Hall–Kier alpha value is -1.28. The quantitative estimate of drug-likeness (QED) is 0.229. The first-order chi connectivity index (χ1) is 10.8. The van der Waals surface area contributed by atoms with Crippen LogP contribution in [0, 0.1) is 0 Å². The lowest BCUT2D eigenvalue weighted by molar-refractivity contribution is 0.152. The number of nitrogens with one attached hydrogen (secondary N) is 2. The highest BCUT2D eigenvalue weighted by molar-refractivity contribution is 14.0. The number of rotatable bonds is 7. The van der Waals surface area contributed by atoms with E-state index in [1.165, 1.54) is 11.3 Å². The number of guanidine groups is 1. The lowest BCUT2D eigenvalue weighted by atomic mass is 10.2. The monoisotopic (exact) mass is 430 g/mol. The van der Waals surface area contributed by atoms with Crippen LogP contribution in [0.15, 0.2) is 41.4 Å². The van der Waals surface area contributed by atoms with Crippen LogP contribution in [0.5, 0.6) is 0 Å². The Morgan fingerprint density at radius 2 is 2.04 bits per heavy atom. The average molecular weight is 430 g/mol. The maximum Gasteiger partial charge on any atom is 0.191 e. The van der Waals surface area contributed by atoms with Crippen LogP contribution in [0.25, 0.3) is 0 Å². The van der Waals surface area contributed by atoms with Crippen LogP contribution in [0.4, 0.5) is 5.69 Å². The van der Waals surface area contributed by atoms with E-state index in [-0.39, 0.29) is 24.0 Å². The van der Waals surface area contributed by atoms with E-state index in [0.29, 0.717) is 6.61 Å². The zero-order valence-corrected chi connectivity index (χ0v) is 16.2. The molecule has 0 radical (unpaired) electrons. The van der Waals surface area contributed by atoms with Gasteiger partial charge in [0.05, 0.1) is 6.61 Å². The van der Waals surface area contributed by atoms with Crippen molar-refractivity contribution in [1.82, 2.24) is 10.6 Å². The Bertz CT molecular complexity index is 511. The van der Waals surface area contributed by atoms with Crippen LogP contribution in [0.2, 0.25) is 0 Å². The fourth-order valence-electron chi connectivity index (χ4n) is 2.34. The molecule has 1 aliphatic rings. The first-order valence-electron chi connectivity index (χ1n) is 7.84. The standard InChI is InChI=1S/C17H26N4O.HI/c1-3-22-12-9-19-17(18-2)20-14-15-7-6-8-16(13-15)21-10-4-5-11-21;/h4-8,13H,3,9-12,14H2,1-2H3,(H2,18,19,20);1H. The summed E-state index contributed by atoms with van der Waals surface area (Å²) in [5, 5.41) is 6.57. The third kappa shape index (κ3) is 6.78. The fraction of sp³-hybridized carbons (Fsp3) is 0.471. The van der Waals surface area contributed by atoms with Gasteiger partial charge < -0.3 is 20.3 Å². The highest BCUT2D eigenvalue weighted by Gasteiger charge is 2.07. The molecular formula is C17H27IN4O. The zero-order chi connectivity index (χ0) is 15.6. The third-order valence-electron chi connectivity index (χ3n) is 3.52. The van der Waals surface area contributed by atoms with Crippen molar-refractivity contribution < 1.29 is 4.74 Å². The summed E-state index contributed by atoms with van der Waals surface area (Å²) in [5.41, 5.74) is 2.51. The summed E-state index contributed by atoms with van der Waals surface area (Å²) in [6, 6.07) is 8.63. The molecule has 6 heteroatoms. The van der Waals surface area contributed by atoms with Crippen LogP contribution < -0.4 is 15.5 Å². The molecule has 0 bridgehead atoms. The van der Waals surface area contributed by atoms with Crippen LogP contribution in [0.3, 0.4) is 0 Å². The summed E-state index contributed by atoms with van der Waals surface area (Å²) < 4.78 is 5.31. The molecule has 2 rings (SSSR count). The topological polar surface area (TPSA) is 48.9 Å². The largest absolute Gasteiger partial charge is 0.380 e. The zero-order valence-electron chi connectivity index (χ0n) is 13.9. The first-order valence-corrected chi connectivity index (χ1v) is 7.84. The van der Waals surface area contributed by atoms with Gasteiger partial charge in [0, 0.05) is 45.5 Å². The van der Waals surface area contributed by atoms with Crippen LogP contribution in [-0.2, 0) is 11.3 Å². The second kappa shape index (κ2) is 11.3. The molecule has 0 aliphatic carbocycles. The number of ether oxygens (including phenoxy) is 1. The van der Waals surface area contributed by atoms with Crippen molar-refractivity contribution in [3.8, 4) is 0 Å².